The van der Waals surface area contributed by atoms with E-state index in [0.717, 1.165) is 25.3 Å². The van der Waals surface area contributed by atoms with E-state index < -0.39 is 10.9 Å². The summed E-state index contributed by atoms with van der Waals surface area (Å²) in [6.45, 7) is 2.70. The second-order valence-electron chi connectivity index (χ2n) is 8.43. The Bertz CT molecular complexity index is 600. The van der Waals surface area contributed by atoms with Crippen LogP contribution in [0.3, 0.4) is 0 Å². The lowest BCUT2D eigenvalue weighted by atomic mass is 10.0. The van der Waals surface area contributed by atoms with Gasteiger partial charge >= 0.3 is 5.97 Å². The summed E-state index contributed by atoms with van der Waals surface area (Å²) in [5, 5.41) is 20.0. The van der Waals surface area contributed by atoms with Crippen LogP contribution in [0.4, 0.5) is 5.69 Å². The first-order chi connectivity index (χ1) is 15.0. The number of carbonyl (C=O) groups is 1. The summed E-state index contributed by atoms with van der Waals surface area (Å²) < 4.78 is 5.54. The fraction of sp³-hybridized carbons (Fsp3) is 0.720. The summed E-state index contributed by atoms with van der Waals surface area (Å²) >= 11 is 0. The largest absolute Gasteiger partial charge is 0.493 e. The molecule has 1 aromatic rings. The van der Waals surface area contributed by atoms with Gasteiger partial charge in [-0.25, -0.2) is 4.79 Å². The summed E-state index contributed by atoms with van der Waals surface area (Å²) in [5.41, 5.74) is -0.391. The van der Waals surface area contributed by atoms with Crippen LogP contribution in [0.2, 0.25) is 0 Å². The van der Waals surface area contributed by atoms with Crippen molar-refractivity contribution in [3.63, 3.8) is 0 Å². The van der Waals surface area contributed by atoms with Gasteiger partial charge in [0.2, 0.25) is 0 Å². The van der Waals surface area contributed by atoms with Crippen molar-refractivity contribution in [2.24, 2.45) is 0 Å². The van der Waals surface area contributed by atoms with E-state index in [1.165, 1.54) is 95.6 Å². The quantitative estimate of drug-likeness (QED) is 0.127. The van der Waals surface area contributed by atoms with E-state index in [4.69, 9.17) is 9.84 Å². The van der Waals surface area contributed by atoms with Crippen LogP contribution in [0.25, 0.3) is 0 Å². The van der Waals surface area contributed by atoms with Gasteiger partial charge in [0.25, 0.3) is 5.69 Å². The Morgan fingerprint density at radius 1 is 0.806 bits per heavy atom. The average Bonchev–Trinajstić information content (AvgIpc) is 2.75. The van der Waals surface area contributed by atoms with Crippen LogP contribution < -0.4 is 4.74 Å². The van der Waals surface area contributed by atoms with Gasteiger partial charge < -0.3 is 9.84 Å². The molecule has 1 N–H and O–H groups in total. The number of nitro benzene ring substituents is 1. The number of hydrogen-bond acceptors (Lipinski definition) is 4. The predicted molar refractivity (Wildman–Crippen MR) is 125 cm³/mol. The lowest BCUT2D eigenvalue weighted by Crippen LogP contribution is -2.02. The topological polar surface area (TPSA) is 89.7 Å². The molecule has 1 aromatic carbocycles. The molecular weight excluding hydrogens is 394 g/mol. The number of hydrogen-bond donors (Lipinski definition) is 1. The maximum Gasteiger partial charge on any atom is 0.336 e. The van der Waals surface area contributed by atoms with Crippen molar-refractivity contribution in [2.45, 2.75) is 110 Å². The van der Waals surface area contributed by atoms with Gasteiger partial charge in [-0.15, -0.1) is 0 Å². The molecule has 0 aliphatic rings. The van der Waals surface area contributed by atoms with Crippen molar-refractivity contribution in [1.82, 2.24) is 0 Å². The molecular formula is C25H41NO5. The highest BCUT2D eigenvalue weighted by molar-refractivity contribution is 5.89. The van der Waals surface area contributed by atoms with Gasteiger partial charge in [0.05, 0.1) is 23.2 Å². The van der Waals surface area contributed by atoms with Crippen LogP contribution in [0.5, 0.6) is 5.75 Å². The van der Waals surface area contributed by atoms with Gasteiger partial charge in [0.1, 0.15) is 5.75 Å². The number of non-ortho nitro benzene ring substituents is 1. The molecule has 31 heavy (non-hydrogen) atoms. The molecule has 0 aliphatic carbocycles. The maximum absolute atomic E-state index is 11.1. The highest BCUT2D eigenvalue weighted by Gasteiger charge is 2.14. The van der Waals surface area contributed by atoms with E-state index >= 15 is 0 Å². The fourth-order valence-electron chi connectivity index (χ4n) is 3.74. The van der Waals surface area contributed by atoms with Crippen molar-refractivity contribution in [3.8, 4) is 5.75 Å². The Balaban J connectivity index is 1.97. The first-order valence-electron chi connectivity index (χ1n) is 12.2. The van der Waals surface area contributed by atoms with Gasteiger partial charge in [-0.2, -0.15) is 0 Å². The summed E-state index contributed by atoms with van der Waals surface area (Å²) in [6.07, 6.45) is 20.7. The molecule has 0 radical (unpaired) electrons. The number of unbranched alkanes of at least 4 members (excludes halogenated alkanes) is 15. The molecule has 0 saturated carbocycles. The van der Waals surface area contributed by atoms with Gasteiger partial charge in [-0.1, -0.05) is 103 Å². The third-order valence-electron chi connectivity index (χ3n) is 5.62. The first kappa shape index (κ1) is 26.9. The fourth-order valence-corrected chi connectivity index (χ4v) is 3.74. The molecule has 0 atom stereocenters. The molecule has 0 aliphatic heterocycles. The summed E-state index contributed by atoms with van der Waals surface area (Å²) in [7, 11) is 0. The predicted octanol–water partition coefficient (Wildman–Crippen LogP) is 7.93. The number of aromatic carboxylic acids is 1. The number of nitrogens with zero attached hydrogens (tertiary/aromatic N) is 1. The smallest absolute Gasteiger partial charge is 0.336 e. The van der Waals surface area contributed by atoms with E-state index in [-0.39, 0.29) is 17.0 Å². The first-order valence-corrected chi connectivity index (χ1v) is 12.2. The zero-order chi connectivity index (χ0) is 22.7. The Hall–Kier alpha value is -2.11. The van der Waals surface area contributed by atoms with Gasteiger partial charge in [-0.3, -0.25) is 10.1 Å². The summed E-state index contributed by atoms with van der Waals surface area (Å²) in [5.74, 6) is -0.955. The second kappa shape index (κ2) is 17.6. The van der Waals surface area contributed by atoms with Crippen LogP contribution in [0.15, 0.2) is 18.2 Å². The lowest BCUT2D eigenvalue weighted by molar-refractivity contribution is -0.385. The Morgan fingerprint density at radius 2 is 1.26 bits per heavy atom. The molecule has 0 heterocycles. The van der Waals surface area contributed by atoms with Gasteiger partial charge in [0, 0.05) is 6.07 Å². The van der Waals surface area contributed by atoms with E-state index in [9.17, 15) is 14.9 Å². The monoisotopic (exact) mass is 435 g/mol. The van der Waals surface area contributed by atoms with Gasteiger partial charge in [-0.05, 0) is 12.5 Å². The maximum atomic E-state index is 11.1. The number of carboxylic acid groups (broad SMARTS) is 1. The zero-order valence-electron chi connectivity index (χ0n) is 19.3. The standard InChI is InChI=1S/C25H41NO5/c1-2-3-4-5-6-7-8-9-10-11-12-13-14-15-16-17-18-31-24-20-22(25(27)28)19-23(21-24)26(29)30/h19-21H,2-18H2,1H3,(H,27,28). The van der Waals surface area contributed by atoms with Crippen molar-refractivity contribution < 1.29 is 19.6 Å². The van der Waals surface area contributed by atoms with E-state index in [2.05, 4.69) is 6.92 Å². The molecule has 0 bridgehead atoms. The van der Waals surface area contributed by atoms with E-state index in [0.29, 0.717) is 6.61 Å². The van der Waals surface area contributed by atoms with Crippen molar-refractivity contribution in [2.75, 3.05) is 6.61 Å². The highest BCUT2D eigenvalue weighted by atomic mass is 16.6. The normalized spacial score (nSPS) is 10.9. The van der Waals surface area contributed by atoms with Crippen LogP contribution in [0, 0.1) is 10.1 Å². The zero-order valence-corrected chi connectivity index (χ0v) is 19.3. The van der Waals surface area contributed by atoms with Crippen molar-refractivity contribution >= 4 is 11.7 Å². The minimum atomic E-state index is -1.20. The molecule has 0 spiro atoms. The van der Waals surface area contributed by atoms with Crippen molar-refractivity contribution in [1.29, 1.82) is 0 Å². The van der Waals surface area contributed by atoms with Crippen LogP contribution in [0.1, 0.15) is 120 Å². The minimum Gasteiger partial charge on any atom is -0.493 e. The summed E-state index contributed by atoms with van der Waals surface area (Å²) in [6, 6.07) is 3.66. The molecule has 1 rings (SSSR count). The lowest BCUT2D eigenvalue weighted by Gasteiger charge is -2.07. The Labute approximate surface area is 187 Å². The third-order valence-corrected chi connectivity index (χ3v) is 5.62. The molecule has 0 fully saturated rings. The van der Waals surface area contributed by atoms with Crippen LogP contribution >= 0.6 is 0 Å². The minimum absolute atomic E-state index is 0.129. The second-order valence-corrected chi connectivity index (χ2v) is 8.43. The molecule has 176 valence electrons. The Kier molecular flexibility index (Phi) is 15.3. The third kappa shape index (κ3) is 13.7. The number of rotatable bonds is 20. The Morgan fingerprint density at radius 3 is 1.68 bits per heavy atom. The number of nitro groups is 1. The highest BCUT2D eigenvalue weighted by Crippen LogP contribution is 2.23. The van der Waals surface area contributed by atoms with E-state index in [1.54, 1.807) is 0 Å². The molecule has 0 unspecified atom stereocenters. The molecule has 6 nitrogen and oxygen atoms in total. The number of carboxylic acids is 1. The van der Waals surface area contributed by atoms with Gasteiger partial charge in [0.15, 0.2) is 0 Å². The molecule has 0 aromatic heterocycles. The molecule has 0 saturated heterocycles. The van der Waals surface area contributed by atoms with Crippen LogP contribution in [-0.4, -0.2) is 22.6 Å². The number of ether oxygens (including phenoxy) is 1. The molecule has 0 amide bonds. The number of benzene rings is 1. The SMILES string of the molecule is CCCCCCCCCCCCCCCCCCOc1cc(C(=O)O)cc([N+](=O)[O-])c1. The van der Waals surface area contributed by atoms with Crippen molar-refractivity contribution in [3.05, 3.63) is 33.9 Å². The average molecular weight is 436 g/mol. The summed E-state index contributed by atoms with van der Waals surface area (Å²) in [4.78, 5) is 21.4. The van der Waals surface area contributed by atoms with E-state index in [1.807, 2.05) is 0 Å². The molecule has 6 heteroatoms. The van der Waals surface area contributed by atoms with Crippen LogP contribution in [-0.2, 0) is 0 Å².